The van der Waals surface area contributed by atoms with Gasteiger partial charge in [0, 0.05) is 19.0 Å². The van der Waals surface area contributed by atoms with Crippen LogP contribution in [0.15, 0.2) is 12.7 Å². The van der Waals surface area contributed by atoms with E-state index < -0.39 is 0 Å². The van der Waals surface area contributed by atoms with Crippen molar-refractivity contribution in [3.8, 4) is 0 Å². The summed E-state index contributed by atoms with van der Waals surface area (Å²) in [7, 11) is 0. The van der Waals surface area contributed by atoms with Gasteiger partial charge in [0.2, 0.25) is 0 Å². The van der Waals surface area contributed by atoms with Crippen molar-refractivity contribution in [2.75, 3.05) is 0 Å². The highest BCUT2D eigenvalue weighted by Gasteiger charge is 2.16. The maximum absolute atomic E-state index is 6.22. The van der Waals surface area contributed by atoms with Crippen LogP contribution in [-0.4, -0.2) is 15.8 Å². The molecule has 0 aliphatic heterocycles. The summed E-state index contributed by atoms with van der Waals surface area (Å²) in [5.74, 6) is 5.48. The summed E-state index contributed by atoms with van der Waals surface area (Å²) in [5, 5.41) is 5.11. The van der Waals surface area contributed by atoms with Crippen LogP contribution in [-0.2, 0) is 13.0 Å². The van der Waals surface area contributed by atoms with E-state index in [2.05, 4.69) is 17.1 Å². The molecule has 1 aromatic heterocycles. The molecule has 5 heteroatoms. The second-order valence-electron chi connectivity index (χ2n) is 3.75. The summed E-state index contributed by atoms with van der Waals surface area (Å²) < 4.78 is 1.92. The van der Waals surface area contributed by atoms with E-state index in [1.807, 2.05) is 24.6 Å². The first-order valence-electron chi connectivity index (χ1n) is 5.42. The highest BCUT2D eigenvalue weighted by atomic mass is 35.5. The van der Waals surface area contributed by atoms with Gasteiger partial charge >= 0.3 is 0 Å². The van der Waals surface area contributed by atoms with Gasteiger partial charge in [0.25, 0.3) is 0 Å². The van der Waals surface area contributed by atoms with Crippen LogP contribution in [0.4, 0.5) is 0 Å². The SMILES string of the molecule is C=CCC(Cc1c(Cl)c(C)nn1CC)NN. The smallest absolute Gasteiger partial charge is 0.0847 e. The first-order valence-corrected chi connectivity index (χ1v) is 5.80. The lowest BCUT2D eigenvalue weighted by Gasteiger charge is -2.14. The number of hydrazine groups is 1. The summed E-state index contributed by atoms with van der Waals surface area (Å²) in [4.78, 5) is 0. The molecule has 90 valence electrons. The third-order valence-electron chi connectivity index (χ3n) is 2.58. The Morgan fingerprint density at radius 1 is 1.69 bits per heavy atom. The Bertz CT molecular complexity index is 359. The molecule has 4 nitrogen and oxygen atoms in total. The van der Waals surface area contributed by atoms with Gasteiger partial charge in [0.05, 0.1) is 16.4 Å². The molecule has 1 aromatic rings. The van der Waals surface area contributed by atoms with Crippen LogP contribution >= 0.6 is 11.6 Å². The number of nitrogens with two attached hydrogens (primary N) is 1. The van der Waals surface area contributed by atoms with Gasteiger partial charge in [-0.3, -0.25) is 16.0 Å². The molecule has 0 saturated carbocycles. The Kier molecular flexibility index (Phi) is 4.99. The lowest BCUT2D eigenvalue weighted by molar-refractivity contribution is 0.502. The van der Waals surface area contributed by atoms with E-state index in [0.29, 0.717) is 0 Å². The van der Waals surface area contributed by atoms with Crippen molar-refractivity contribution in [1.29, 1.82) is 0 Å². The minimum absolute atomic E-state index is 0.149. The summed E-state index contributed by atoms with van der Waals surface area (Å²) in [6, 6.07) is 0.149. The third kappa shape index (κ3) is 2.84. The lowest BCUT2D eigenvalue weighted by atomic mass is 10.1. The van der Waals surface area contributed by atoms with Gasteiger partial charge in [-0.1, -0.05) is 17.7 Å². The molecule has 0 radical (unpaired) electrons. The van der Waals surface area contributed by atoms with E-state index in [1.54, 1.807) is 0 Å². The Morgan fingerprint density at radius 3 is 2.88 bits per heavy atom. The van der Waals surface area contributed by atoms with Crippen molar-refractivity contribution in [2.24, 2.45) is 5.84 Å². The van der Waals surface area contributed by atoms with E-state index in [1.165, 1.54) is 0 Å². The van der Waals surface area contributed by atoms with E-state index >= 15 is 0 Å². The van der Waals surface area contributed by atoms with Gasteiger partial charge in [-0.25, -0.2) is 0 Å². The minimum Gasteiger partial charge on any atom is -0.271 e. The van der Waals surface area contributed by atoms with Crippen LogP contribution in [0.1, 0.15) is 24.7 Å². The van der Waals surface area contributed by atoms with Gasteiger partial charge < -0.3 is 0 Å². The van der Waals surface area contributed by atoms with E-state index in [9.17, 15) is 0 Å². The number of nitrogens with one attached hydrogen (secondary N) is 1. The number of hydrogen-bond acceptors (Lipinski definition) is 3. The Balaban J connectivity index is 2.89. The molecule has 1 heterocycles. The van der Waals surface area contributed by atoms with Crippen molar-refractivity contribution in [1.82, 2.24) is 15.2 Å². The zero-order valence-electron chi connectivity index (χ0n) is 9.83. The maximum Gasteiger partial charge on any atom is 0.0847 e. The molecule has 1 unspecified atom stereocenters. The van der Waals surface area contributed by atoms with Crippen molar-refractivity contribution in [3.05, 3.63) is 29.1 Å². The summed E-state index contributed by atoms with van der Waals surface area (Å²) in [5.41, 5.74) is 4.67. The summed E-state index contributed by atoms with van der Waals surface area (Å²) >= 11 is 6.22. The topological polar surface area (TPSA) is 55.9 Å². The van der Waals surface area contributed by atoms with Gasteiger partial charge in [0.15, 0.2) is 0 Å². The van der Waals surface area contributed by atoms with E-state index in [0.717, 1.165) is 35.8 Å². The Hall–Kier alpha value is -0.840. The van der Waals surface area contributed by atoms with Crippen molar-refractivity contribution in [2.45, 2.75) is 39.3 Å². The number of rotatable bonds is 6. The first-order chi connectivity index (χ1) is 7.63. The monoisotopic (exact) mass is 242 g/mol. The highest BCUT2D eigenvalue weighted by molar-refractivity contribution is 6.31. The largest absolute Gasteiger partial charge is 0.271 e. The molecule has 16 heavy (non-hydrogen) atoms. The highest BCUT2D eigenvalue weighted by Crippen LogP contribution is 2.22. The predicted molar refractivity (Wildman–Crippen MR) is 67.3 cm³/mol. The second-order valence-corrected chi connectivity index (χ2v) is 4.13. The standard InChI is InChI=1S/C11H19ClN4/c1-4-6-9(14-13)7-10-11(12)8(3)15-16(10)5-2/h4,9,14H,1,5-7,13H2,2-3H3. The second kappa shape index (κ2) is 6.03. The molecule has 0 aliphatic rings. The van der Waals surface area contributed by atoms with Gasteiger partial charge in [0.1, 0.15) is 0 Å². The zero-order chi connectivity index (χ0) is 12.1. The number of halogens is 1. The fourth-order valence-electron chi connectivity index (χ4n) is 1.71. The average Bonchev–Trinajstić information content (AvgIpc) is 2.55. The van der Waals surface area contributed by atoms with Gasteiger partial charge in [-0.2, -0.15) is 5.10 Å². The Labute approximate surface area is 101 Å². The maximum atomic E-state index is 6.22. The minimum atomic E-state index is 0.149. The van der Waals surface area contributed by atoms with Gasteiger partial charge in [-0.05, 0) is 20.3 Å². The quantitative estimate of drug-likeness (QED) is 0.455. The molecule has 0 amide bonds. The Morgan fingerprint density at radius 2 is 2.38 bits per heavy atom. The number of aryl methyl sites for hydroxylation is 2. The third-order valence-corrected chi connectivity index (χ3v) is 3.07. The van der Waals surface area contributed by atoms with Crippen molar-refractivity contribution < 1.29 is 0 Å². The molecule has 0 spiro atoms. The fourth-order valence-corrected chi connectivity index (χ4v) is 1.92. The van der Waals surface area contributed by atoms with Crippen LogP contribution in [0.3, 0.4) is 0 Å². The van der Waals surface area contributed by atoms with Gasteiger partial charge in [-0.15, -0.1) is 6.58 Å². The van der Waals surface area contributed by atoms with E-state index in [-0.39, 0.29) is 6.04 Å². The molecule has 1 atom stereocenters. The van der Waals surface area contributed by atoms with Crippen molar-refractivity contribution in [3.63, 3.8) is 0 Å². The predicted octanol–water partition coefficient (Wildman–Crippen LogP) is 1.82. The normalized spacial score (nSPS) is 12.8. The van der Waals surface area contributed by atoms with Crippen LogP contribution in [0.2, 0.25) is 5.02 Å². The molecule has 0 bridgehead atoms. The van der Waals surface area contributed by atoms with Crippen LogP contribution < -0.4 is 11.3 Å². The molecular formula is C11H19ClN4. The van der Waals surface area contributed by atoms with Crippen LogP contribution in [0, 0.1) is 6.92 Å². The molecule has 1 rings (SSSR count). The zero-order valence-corrected chi connectivity index (χ0v) is 10.6. The molecular weight excluding hydrogens is 224 g/mol. The molecule has 0 aliphatic carbocycles. The molecule has 0 fully saturated rings. The number of aromatic nitrogens is 2. The first kappa shape index (κ1) is 13.2. The molecule has 0 saturated heterocycles. The number of nitrogens with zero attached hydrogens (tertiary/aromatic N) is 2. The van der Waals surface area contributed by atoms with Crippen LogP contribution in [0.5, 0.6) is 0 Å². The molecule has 0 aromatic carbocycles. The lowest BCUT2D eigenvalue weighted by Crippen LogP contribution is -2.36. The summed E-state index contributed by atoms with van der Waals surface area (Å²) in [6.45, 7) is 8.48. The summed E-state index contributed by atoms with van der Waals surface area (Å²) in [6.07, 6.45) is 3.41. The van der Waals surface area contributed by atoms with Crippen molar-refractivity contribution >= 4 is 11.6 Å². The average molecular weight is 243 g/mol. The molecule has 3 N–H and O–H groups in total. The van der Waals surface area contributed by atoms with E-state index in [4.69, 9.17) is 17.4 Å². The van der Waals surface area contributed by atoms with Crippen LogP contribution in [0.25, 0.3) is 0 Å². The fraction of sp³-hybridized carbons (Fsp3) is 0.545. The number of hydrogen-bond donors (Lipinski definition) is 2.